The summed E-state index contributed by atoms with van der Waals surface area (Å²) in [7, 11) is 0. The van der Waals surface area contributed by atoms with Crippen LogP contribution in [0.2, 0.25) is 0 Å². The zero-order valence-electron chi connectivity index (χ0n) is 7.89. The molecule has 5 heteroatoms. The van der Waals surface area contributed by atoms with Gasteiger partial charge in [0.05, 0.1) is 5.54 Å². The molecule has 1 fully saturated rings. The fraction of sp³-hybridized carbons (Fsp3) is 0.750. The summed E-state index contributed by atoms with van der Waals surface area (Å²) in [5, 5.41) is 2.52. The molecule has 1 rings (SSSR count). The summed E-state index contributed by atoms with van der Waals surface area (Å²) < 4.78 is 0. The summed E-state index contributed by atoms with van der Waals surface area (Å²) in [5.74, 6) is -0.860. The van der Waals surface area contributed by atoms with Crippen molar-refractivity contribution in [2.75, 3.05) is 0 Å². The third-order valence-corrected chi connectivity index (χ3v) is 2.28. The van der Waals surface area contributed by atoms with Crippen LogP contribution < -0.4 is 16.8 Å². The molecule has 0 aromatic carbocycles. The van der Waals surface area contributed by atoms with Crippen LogP contribution in [0, 0.1) is 0 Å². The minimum atomic E-state index is -1.02. The largest absolute Gasteiger partial charge is 0.368 e. The van der Waals surface area contributed by atoms with Gasteiger partial charge in [-0.15, -0.1) is 0 Å². The Hall–Kier alpha value is -1.10. The first kappa shape index (κ1) is 9.98. The fourth-order valence-electron chi connectivity index (χ4n) is 0.832. The summed E-state index contributed by atoms with van der Waals surface area (Å²) in [6, 6.07) is 0. The Morgan fingerprint density at radius 3 is 2.15 bits per heavy atom. The van der Waals surface area contributed by atoms with Gasteiger partial charge in [0.25, 0.3) is 0 Å². The van der Waals surface area contributed by atoms with Crippen LogP contribution in [0.4, 0.5) is 0 Å². The predicted octanol–water partition coefficient (Wildman–Crippen LogP) is -1.14. The van der Waals surface area contributed by atoms with E-state index in [-0.39, 0.29) is 5.91 Å². The fourth-order valence-corrected chi connectivity index (χ4v) is 0.832. The maximum atomic E-state index is 11.4. The van der Waals surface area contributed by atoms with Crippen molar-refractivity contribution in [1.82, 2.24) is 5.32 Å². The summed E-state index contributed by atoms with van der Waals surface area (Å²) in [6.45, 7) is 3.11. The summed E-state index contributed by atoms with van der Waals surface area (Å²) in [5.41, 5.74) is 8.94. The van der Waals surface area contributed by atoms with E-state index in [0.29, 0.717) is 12.8 Å². The van der Waals surface area contributed by atoms with Gasteiger partial charge in [-0.1, -0.05) is 0 Å². The summed E-state index contributed by atoms with van der Waals surface area (Å²) in [6.07, 6.45) is 1.35. The molecular formula is C8H15N3O2. The Morgan fingerprint density at radius 2 is 1.85 bits per heavy atom. The van der Waals surface area contributed by atoms with Crippen LogP contribution in [-0.4, -0.2) is 22.9 Å². The number of nitrogens with one attached hydrogen (secondary N) is 1. The van der Waals surface area contributed by atoms with Gasteiger partial charge in [-0.3, -0.25) is 9.59 Å². The van der Waals surface area contributed by atoms with Crippen LogP contribution in [0.5, 0.6) is 0 Å². The van der Waals surface area contributed by atoms with Crippen molar-refractivity contribution in [3.05, 3.63) is 0 Å². The van der Waals surface area contributed by atoms with Gasteiger partial charge >= 0.3 is 0 Å². The van der Waals surface area contributed by atoms with Gasteiger partial charge < -0.3 is 16.8 Å². The second-order valence-electron chi connectivity index (χ2n) is 4.10. The molecule has 0 spiro atoms. The predicted molar refractivity (Wildman–Crippen MR) is 47.6 cm³/mol. The van der Waals surface area contributed by atoms with Gasteiger partial charge in [0.2, 0.25) is 11.8 Å². The second-order valence-corrected chi connectivity index (χ2v) is 4.10. The Kier molecular flexibility index (Phi) is 2.07. The number of amides is 2. The first-order valence-electron chi connectivity index (χ1n) is 4.19. The van der Waals surface area contributed by atoms with E-state index in [1.807, 2.05) is 0 Å². The standard InChI is InChI=1S/C8H15N3O2/c1-7(2,5(9)12)11-6(13)8(10)3-4-8/h3-4,10H2,1-2H3,(H2,9,12)(H,11,13). The maximum absolute atomic E-state index is 11.4. The van der Waals surface area contributed by atoms with Crippen molar-refractivity contribution in [2.45, 2.75) is 37.8 Å². The average Bonchev–Trinajstić information content (AvgIpc) is 2.68. The molecule has 1 saturated carbocycles. The molecule has 13 heavy (non-hydrogen) atoms. The monoisotopic (exact) mass is 185 g/mol. The smallest absolute Gasteiger partial charge is 0.242 e. The van der Waals surface area contributed by atoms with Crippen molar-refractivity contribution in [3.63, 3.8) is 0 Å². The maximum Gasteiger partial charge on any atom is 0.242 e. The van der Waals surface area contributed by atoms with Crippen LogP contribution in [-0.2, 0) is 9.59 Å². The van der Waals surface area contributed by atoms with Crippen molar-refractivity contribution in [3.8, 4) is 0 Å². The van der Waals surface area contributed by atoms with Crippen LogP contribution in [0.25, 0.3) is 0 Å². The quantitative estimate of drug-likeness (QED) is 0.518. The Bertz CT molecular complexity index is 256. The molecular weight excluding hydrogens is 170 g/mol. The highest BCUT2D eigenvalue weighted by molar-refractivity contribution is 5.95. The molecule has 0 saturated heterocycles. The highest BCUT2D eigenvalue weighted by atomic mass is 16.2. The molecule has 2 amide bonds. The topological polar surface area (TPSA) is 98.2 Å². The zero-order chi connectivity index (χ0) is 10.3. The number of hydrogen-bond acceptors (Lipinski definition) is 3. The minimum absolute atomic E-state index is 0.295. The van der Waals surface area contributed by atoms with Crippen LogP contribution in [0.3, 0.4) is 0 Å². The molecule has 5 N–H and O–H groups in total. The zero-order valence-corrected chi connectivity index (χ0v) is 7.89. The molecule has 0 atom stereocenters. The molecule has 0 aliphatic heterocycles. The lowest BCUT2D eigenvalue weighted by molar-refractivity contribution is -0.131. The van der Waals surface area contributed by atoms with Crippen LogP contribution >= 0.6 is 0 Å². The lowest BCUT2D eigenvalue weighted by Crippen LogP contribution is -2.57. The average molecular weight is 185 g/mol. The van der Waals surface area contributed by atoms with Crippen molar-refractivity contribution in [2.24, 2.45) is 11.5 Å². The molecule has 0 aromatic rings. The molecule has 0 bridgehead atoms. The van der Waals surface area contributed by atoms with E-state index in [1.165, 1.54) is 0 Å². The van der Waals surface area contributed by atoms with E-state index in [1.54, 1.807) is 13.8 Å². The summed E-state index contributed by atoms with van der Waals surface area (Å²) >= 11 is 0. The van der Waals surface area contributed by atoms with E-state index in [2.05, 4.69) is 5.32 Å². The van der Waals surface area contributed by atoms with Gasteiger partial charge in [-0.2, -0.15) is 0 Å². The van der Waals surface area contributed by atoms with Crippen molar-refractivity contribution < 1.29 is 9.59 Å². The van der Waals surface area contributed by atoms with Gasteiger partial charge in [-0.25, -0.2) is 0 Å². The molecule has 1 aliphatic carbocycles. The van der Waals surface area contributed by atoms with E-state index in [4.69, 9.17) is 11.5 Å². The number of hydrogen-bond donors (Lipinski definition) is 3. The molecule has 0 radical (unpaired) electrons. The van der Waals surface area contributed by atoms with E-state index in [9.17, 15) is 9.59 Å². The second kappa shape index (κ2) is 2.70. The van der Waals surface area contributed by atoms with E-state index in [0.717, 1.165) is 0 Å². The van der Waals surface area contributed by atoms with Gasteiger partial charge in [-0.05, 0) is 26.7 Å². The van der Waals surface area contributed by atoms with E-state index < -0.39 is 17.0 Å². The highest BCUT2D eigenvalue weighted by Gasteiger charge is 2.47. The van der Waals surface area contributed by atoms with Crippen LogP contribution in [0.1, 0.15) is 26.7 Å². The summed E-state index contributed by atoms with van der Waals surface area (Å²) in [4.78, 5) is 22.3. The molecule has 5 nitrogen and oxygen atoms in total. The first-order valence-corrected chi connectivity index (χ1v) is 4.19. The third-order valence-electron chi connectivity index (χ3n) is 2.28. The first-order chi connectivity index (χ1) is 5.78. The normalized spacial score (nSPS) is 19.3. The van der Waals surface area contributed by atoms with E-state index >= 15 is 0 Å². The third kappa shape index (κ3) is 1.98. The number of rotatable bonds is 3. The Balaban J connectivity index is 2.58. The molecule has 74 valence electrons. The number of nitrogens with two attached hydrogens (primary N) is 2. The lowest BCUT2D eigenvalue weighted by atomic mass is 10.0. The number of carbonyl (C=O) groups excluding carboxylic acids is 2. The van der Waals surface area contributed by atoms with Crippen molar-refractivity contribution >= 4 is 11.8 Å². The molecule has 0 aromatic heterocycles. The Morgan fingerprint density at radius 1 is 1.38 bits per heavy atom. The molecule has 0 heterocycles. The highest BCUT2D eigenvalue weighted by Crippen LogP contribution is 2.32. The van der Waals surface area contributed by atoms with Gasteiger partial charge in [0.1, 0.15) is 5.54 Å². The van der Waals surface area contributed by atoms with Gasteiger partial charge in [0, 0.05) is 0 Å². The lowest BCUT2D eigenvalue weighted by Gasteiger charge is -2.24. The molecule has 1 aliphatic rings. The Labute approximate surface area is 76.8 Å². The van der Waals surface area contributed by atoms with Gasteiger partial charge in [0.15, 0.2) is 0 Å². The van der Waals surface area contributed by atoms with Crippen molar-refractivity contribution in [1.29, 1.82) is 0 Å². The van der Waals surface area contributed by atoms with Crippen LogP contribution in [0.15, 0.2) is 0 Å². The number of carbonyl (C=O) groups is 2. The SMILES string of the molecule is CC(C)(NC(=O)C1(N)CC1)C(N)=O. The minimum Gasteiger partial charge on any atom is -0.368 e. The number of primary amides is 1. The molecule has 0 unspecified atom stereocenters.